The molecule has 0 atom stereocenters. The highest BCUT2D eigenvalue weighted by molar-refractivity contribution is 5.86. The van der Waals surface area contributed by atoms with Gasteiger partial charge in [-0.25, -0.2) is 0 Å². The quantitative estimate of drug-likeness (QED) is 0.422. The maximum atomic E-state index is 11.7. The summed E-state index contributed by atoms with van der Waals surface area (Å²) in [5, 5.41) is 9.05. The van der Waals surface area contributed by atoms with Gasteiger partial charge in [0.2, 0.25) is 5.91 Å². The number of guanidine groups is 1. The topological polar surface area (TPSA) is 78.0 Å². The molecule has 0 rings (SSSR count). The SMILES string of the molecule is CN=C(NCCN(C)CCOC)NCC(=O)NC(C)(C)C. The number of hydrogen-bond acceptors (Lipinski definition) is 4. The van der Waals surface area contributed by atoms with Crippen molar-refractivity contribution in [3.05, 3.63) is 0 Å². The molecule has 0 radical (unpaired) electrons. The largest absolute Gasteiger partial charge is 0.383 e. The molecule has 3 N–H and O–H groups in total. The van der Waals surface area contributed by atoms with Crippen molar-refractivity contribution in [1.29, 1.82) is 0 Å². The second-order valence-electron chi connectivity index (χ2n) is 5.95. The number of carbonyl (C=O) groups is 1. The van der Waals surface area contributed by atoms with Crippen molar-refractivity contribution in [2.24, 2.45) is 4.99 Å². The number of ether oxygens (including phenoxy) is 1. The molecule has 21 heavy (non-hydrogen) atoms. The Hall–Kier alpha value is -1.34. The maximum Gasteiger partial charge on any atom is 0.239 e. The van der Waals surface area contributed by atoms with Gasteiger partial charge in [0.25, 0.3) is 0 Å². The van der Waals surface area contributed by atoms with Crippen LogP contribution in [0, 0.1) is 0 Å². The molecule has 0 aromatic rings. The van der Waals surface area contributed by atoms with Crippen LogP contribution < -0.4 is 16.0 Å². The van der Waals surface area contributed by atoms with E-state index in [4.69, 9.17) is 4.74 Å². The average molecular weight is 301 g/mol. The third-order valence-corrected chi connectivity index (χ3v) is 2.62. The van der Waals surface area contributed by atoms with Gasteiger partial charge in [0, 0.05) is 39.3 Å². The molecule has 0 aromatic carbocycles. The van der Waals surface area contributed by atoms with Crippen molar-refractivity contribution in [1.82, 2.24) is 20.9 Å². The number of carbonyl (C=O) groups excluding carboxylic acids is 1. The summed E-state index contributed by atoms with van der Waals surface area (Å²) in [6.45, 7) is 9.29. The first kappa shape index (κ1) is 19.7. The summed E-state index contributed by atoms with van der Waals surface area (Å²) in [7, 11) is 5.42. The molecule has 0 spiro atoms. The molecule has 1 amide bonds. The molecular formula is C14H31N5O2. The zero-order chi connectivity index (χ0) is 16.3. The first-order valence-corrected chi connectivity index (χ1v) is 7.21. The minimum absolute atomic E-state index is 0.0531. The first-order valence-electron chi connectivity index (χ1n) is 7.21. The molecule has 0 bridgehead atoms. The van der Waals surface area contributed by atoms with Crippen molar-refractivity contribution in [2.75, 3.05) is 54.0 Å². The highest BCUT2D eigenvalue weighted by Crippen LogP contribution is 1.96. The third kappa shape index (κ3) is 12.1. The number of nitrogens with zero attached hydrogens (tertiary/aromatic N) is 2. The number of methoxy groups -OCH3 is 1. The van der Waals surface area contributed by atoms with Gasteiger partial charge in [-0.2, -0.15) is 0 Å². The predicted octanol–water partition coefficient (Wildman–Crippen LogP) is -0.356. The molecular weight excluding hydrogens is 270 g/mol. The Morgan fingerprint density at radius 1 is 1.24 bits per heavy atom. The fourth-order valence-corrected chi connectivity index (χ4v) is 1.57. The Morgan fingerprint density at radius 3 is 2.43 bits per heavy atom. The van der Waals surface area contributed by atoms with Crippen LogP contribution in [0.2, 0.25) is 0 Å². The van der Waals surface area contributed by atoms with Gasteiger partial charge in [-0.05, 0) is 27.8 Å². The second-order valence-corrected chi connectivity index (χ2v) is 5.95. The Balaban J connectivity index is 3.89. The van der Waals surface area contributed by atoms with Crippen LogP contribution in [0.1, 0.15) is 20.8 Å². The summed E-state index contributed by atoms with van der Waals surface area (Å²) in [6, 6.07) is 0. The van der Waals surface area contributed by atoms with Crippen LogP contribution in [0.25, 0.3) is 0 Å². The Labute approximate surface area is 128 Å². The second kappa shape index (κ2) is 10.4. The lowest BCUT2D eigenvalue weighted by molar-refractivity contribution is -0.121. The summed E-state index contributed by atoms with van der Waals surface area (Å²) in [5.41, 5.74) is -0.222. The van der Waals surface area contributed by atoms with Gasteiger partial charge in [-0.3, -0.25) is 9.79 Å². The van der Waals surface area contributed by atoms with Crippen molar-refractivity contribution >= 4 is 11.9 Å². The van der Waals surface area contributed by atoms with Crippen LogP contribution in [0.5, 0.6) is 0 Å². The average Bonchev–Trinajstić information content (AvgIpc) is 2.38. The molecule has 0 heterocycles. The van der Waals surface area contributed by atoms with Gasteiger partial charge in [-0.15, -0.1) is 0 Å². The molecule has 7 heteroatoms. The minimum atomic E-state index is -0.222. The van der Waals surface area contributed by atoms with E-state index in [2.05, 4.69) is 25.8 Å². The molecule has 0 saturated carbocycles. The monoisotopic (exact) mass is 301 g/mol. The van der Waals surface area contributed by atoms with Crippen LogP contribution in [0.3, 0.4) is 0 Å². The van der Waals surface area contributed by atoms with E-state index in [0.29, 0.717) is 5.96 Å². The van der Waals surface area contributed by atoms with Crippen molar-refractivity contribution in [3.63, 3.8) is 0 Å². The van der Waals surface area contributed by atoms with E-state index in [0.717, 1.165) is 26.2 Å². The predicted molar refractivity (Wildman–Crippen MR) is 86.6 cm³/mol. The smallest absolute Gasteiger partial charge is 0.239 e. The third-order valence-electron chi connectivity index (χ3n) is 2.62. The summed E-state index contributed by atoms with van der Waals surface area (Å²) < 4.78 is 5.02. The van der Waals surface area contributed by atoms with Crippen molar-refractivity contribution < 1.29 is 9.53 Å². The molecule has 0 fully saturated rings. The van der Waals surface area contributed by atoms with E-state index in [1.807, 2.05) is 27.8 Å². The molecule has 0 saturated heterocycles. The van der Waals surface area contributed by atoms with E-state index < -0.39 is 0 Å². The molecule has 0 unspecified atom stereocenters. The Bertz CT molecular complexity index is 326. The fourth-order valence-electron chi connectivity index (χ4n) is 1.57. The lowest BCUT2D eigenvalue weighted by Gasteiger charge is -2.21. The van der Waals surface area contributed by atoms with E-state index in [1.54, 1.807) is 14.2 Å². The van der Waals surface area contributed by atoms with E-state index in [-0.39, 0.29) is 18.0 Å². The highest BCUT2D eigenvalue weighted by atomic mass is 16.5. The lowest BCUT2D eigenvalue weighted by Crippen LogP contribution is -2.48. The van der Waals surface area contributed by atoms with Gasteiger partial charge in [0.1, 0.15) is 0 Å². The van der Waals surface area contributed by atoms with Crippen LogP contribution in [-0.2, 0) is 9.53 Å². The van der Waals surface area contributed by atoms with Gasteiger partial charge < -0.3 is 25.6 Å². The first-order chi connectivity index (χ1) is 9.78. The normalized spacial score (nSPS) is 12.4. The molecule has 0 aliphatic heterocycles. The summed E-state index contributed by atoms with van der Waals surface area (Å²) in [6.07, 6.45) is 0. The van der Waals surface area contributed by atoms with Crippen LogP contribution in [0.15, 0.2) is 4.99 Å². The maximum absolute atomic E-state index is 11.7. The number of likely N-dealkylation sites (N-methyl/N-ethyl adjacent to an activating group) is 1. The minimum Gasteiger partial charge on any atom is -0.383 e. The molecule has 0 aromatic heterocycles. The fraction of sp³-hybridized carbons (Fsp3) is 0.857. The molecule has 124 valence electrons. The standard InChI is InChI=1S/C14H31N5O2/c1-14(2,3)18-12(20)11-17-13(15-4)16-7-8-19(5)9-10-21-6/h7-11H2,1-6H3,(H,18,20)(H2,15,16,17). The van der Waals surface area contributed by atoms with Crippen LogP contribution in [-0.4, -0.2) is 76.3 Å². The van der Waals surface area contributed by atoms with E-state index >= 15 is 0 Å². The summed E-state index contributed by atoms with van der Waals surface area (Å²) in [4.78, 5) is 18.0. The molecule has 0 aliphatic carbocycles. The zero-order valence-electron chi connectivity index (χ0n) is 14.2. The summed E-state index contributed by atoms with van der Waals surface area (Å²) in [5.74, 6) is 0.571. The number of rotatable bonds is 8. The van der Waals surface area contributed by atoms with Gasteiger partial charge in [-0.1, -0.05) is 0 Å². The number of nitrogens with one attached hydrogen (secondary N) is 3. The number of hydrogen-bond donors (Lipinski definition) is 3. The van der Waals surface area contributed by atoms with Crippen molar-refractivity contribution in [3.8, 4) is 0 Å². The summed E-state index contributed by atoms with van der Waals surface area (Å²) >= 11 is 0. The van der Waals surface area contributed by atoms with Gasteiger partial charge in [0.05, 0.1) is 13.2 Å². The van der Waals surface area contributed by atoms with Crippen molar-refractivity contribution in [2.45, 2.75) is 26.3 Å². The number of aliphatic imine (C=N–C) groups is 1. The highest BCUT2D eigenvalue weighted by Gasteiger charge is 2.13. The van der Waals surface area contributed by atoms with E-state index in [1.165, 1.54) is 0 Å². The Morgan fingerprint density at radius 2 is 1.90 bits per heavy atom. The van der Waals surface area contributed by atoms with Crippen LogP contribution >= 0.6 is 0 Å². The number of amides is 1. The van der Waals surface area contributed by atoms with E-state index in [9.17, 15) is 4.79 Å². The molecule has 7 nitrogen and oxygen atoms in total. The zero-order valence-corrected chi connectivity index (χ0v) is 14.2. The lowest BCUT2D eigenvalue weighted by atomic mass is 10.1. The molecule has 0 aliphatic rings. The van der Waals surface area contributed by atoms with Crippen LogP contribution in [0.4, 0.5) is 0 Å². The van der Waals surface area contributed by atoms with Gasteiger partial charge >= 0.3 is 0 Å². The Kier molecular flexibility index (Phi) is 9.73. The van der Waals surface area contributed by atoms with Gasteiger partial charge in [0.15, 0.2) is 5.96 Å².